The van der Waals surface area contributed by atoms with Crippen molar-refractivity contribution in [2.75, 3.05) is 36.4 Å². The fourth-order valence-corrected chi connectivity index (χ4v) is 4.57. The van der Waals surface area contributed by atoms with Gasteiger partial charge in [-0.25, -0.2) is 4.98 Å². The number of hydrogen-bond acceptors (Lipinski definition) is 5. The van der Waals surface area contributed by atoms with E-state index in [1.807, 2.05) is 17.5 Å². The van der Waals surface area contributed by atoms with Crippen LogP contribution in [0.15, 0.2) is 29.6 Å². The first-order valence-corrected chi connectivity index (χ1v) is 10.4. The molecule has 0 atom stereocenters. The molecule has 0 bridgehead atoms. The predicted molar refractivity (Wildman–Crippen MR) is 107 cm³/mol. The van der Waals surface area contributed by atoms with Gasteiger partial charge in [0.25, 0.3) is 0 Å². The number of nitrogens with one attached hydrogen (secondary N) is 1. The fourth-order valence-electron chi connectivity index (χ4n) is 3.74. The molecule has 4 rings (SSSR count). The second kappa shape index (κ2) is 8.18. The fraction of sp³-hybridized carbons (Fsp3) is 0.500. The molecular weight excluding hydrogens is 344 g/mol. The Morgan fingerprint density at radius 3 is 2.46 bits per heavy atom. The smallest absolute Gasteiger partial charge is 0.230 e. The van der Waals surface area contributed by atoms with E-state index in [0.29, 0.717) is 6.42 Å². The second-order valence-electron chi connectivity index (χ2n) is 7.18. The topological polar surface area (TPSA) is 48.5 Å². The molecule has 2 aliphatic heterocycles. The third-order valence-corrected chi connectivity index (χ3v) is 6.00. The number of aromatic nitrogens is 1. The molecule has 0 radical (unpaired) electrons. The van der Waals surface area contributed by atoms with E-state index in [1.54, 1.807) is 11.3 Å². The summed E-state index contributed by atoms with van der Waals surface area (Å²) in [6.45, 7) is 5.53. The summed E-state index contributed by atoms with van der Waals surface area (Å²) in [6, 6.07) is 8.17. The Morgan fingerprint density at radius 1 is 1.04 bits per heavy atom. The maximum Gasteiger partial charge on any atom is 0.230 e. The van der Waals surface area contributed by atoms with Crippen LogP contribution in [0.2, 0.25) is 0 Å². The average molecular weight is 371 g/mol. The molecule has 1 N–H and O–H groups in total. The lowest BCUT2D eigenvalue weighted by atomic mass is 10.2. The minimum Gasteiger partial charge on any atom is -0.372 e. The Balaban J connectivity index is 1.28. The molecule has 5 nitrogen and oxygen atoms in total. The van der Waals surface area contributed by atoms with E-state index in [9.17, 15) is 4.79 Å². The predicted octanol–water partition coefficient (Wildman–Crippen LogP) is 3.52. The summed E-state index contributed by atoms with van der Waals surface area (Å²) >= 11 is 1.66. The molecule has 0 spiro atoms. The van der Waals surface area contributed by atoms with E-state index in [0.717, 1.165) is 36.0 Å². The number of rotatable bonds is 6. The molecule has 1 amide bonds. The lowest BCUT2D eigenvalue weighted by Crippen LogP contribution is -2.18. The number of nitrogens with zero attached hydrogens (tertiary/aromatic N) is 3. The molecule has 3 heterocycles. The summed E-state index contributed by atoms with van der Waals surface area (Å²) in [5.41, 5.74) is 2.97. The van der Waals surface area contributed by atoms with E-state index >= 15 is 0 Å². The molecule has 6 heteroatoms. The first kappa shape index (κ1) is 17.5. The van der Waals surface area contributed by atoms with Crippen molar-refractivity contribution in [1.29, 1.82) is 0 Å². The highest BCUT2D eigenvalue weighted by molar-refractivity contribution is 7.09. The van der Waals surface area contributed by atoms with Gasteiger partial charge < -0.3 is 10.2 Å². The number of anilines is 2. The van der Waals surface area contributed by atoms with Gasteiger partial charge >= 0.3 is 0 Å². The Labute approximate surface area is 159 Å². The highest BCUT2D eigenvalue weighted by atomic mass is 32.1. The second-order valence-corrected chi connectivity index (χ2v) is 8.12. The third kappa shape index (κ3) is 4.43. The van der Waals surface area contributed by atoms with Gasteiger partial charge in [-0.15, -0.1) is 11.3 Å². The minimum atomic E-state index is -0.00283. The third-order valence-electron chi connectivity index (χ3n) is 5.12. The van der Waals surface area contributed by atoms with Gasteiger partial charge in [-0.2, -0.15) is 0 Å². The maximum atomic E-state index is 12.3. The highest BCUT2D eigenvalue weighted by Gasteiger charge is 2.15. The van der Waals surface area contributed by atoms with Crippen molar-refractivity contribution in [3.63, 3.8) is 0 Å². The van der Waals surface area contributed by atoms with Gasteiger partial charge in [0.2, 0.25) is 5.91 Å². The van der Waals surface area contributed by atoms with E-state index in [2.05, 4.69) is 32.2 Å². The van der Waals surface area contributed by atoms with Crippen LogP contribution in [0.4, 0.5) is 11.4 Å². The van der Waals surface area contributed by atoms with Crippen LogP contribution in [0, 0.1) is 0 Å². The van der Waals surface area contributed by atoms with Gasteiger partial charge in [-0.3, -0.25) is 9.69 Å². The summed E-state index contributed by atoms with van der Waals surface area (Å²) < 4.78 is 0. The van der Waals surface area contributed by atoms with E-state index in [1.165, 1.54) is 44.5 Å². The van der Waals surface area contributed by atoms with Crippen molar-refractivity contribution in [2.45, 2.75) is 38.6 Å². The number of amides is 1. The van der Waals surface area contributed by atoms with Crippen LogP contribution in [0.3, 0.4) is 0 Å². The quantitative estimate of drug-likeness (QED) is 0.845. The molecule has 0 aliphatic carbocycles. The Morgan fingerprint density at radius 2 is 1.73 bits per heavy atom. The number of likely N-dealkylation sites (tertiary alicyclic amines) is 1. The highest BCUT2D eigenvalue weighted by Crippen LogP contribution is 2.22. The molecule has 0 saturated carbocycles. The average Bonchev–Trinajstić information content (AvgIpc) is 3.39. The zero-order chi connectivity index (χ0) is 17.8. The molecule has 2 fully saturated rings. The Bertz CT molecular complexity index is 731. The van der Waals surface area contributed by atoms with Crippen LogP contribution in [-0.4, -0.2) is 42.0 Å². The molecule has 26 heavy (non-hydrogen) atoms. The summed E-state index contributed by atoms with van der Waals surface area (Å²) in [4.78, 5) is 21.8. The van der Waals surface area contributed by atoms with Crippen molar-refractivity contribution in [3.8, 4) is 0 Å². The molecule has 2 aromatic rings. The molecule has 1 aromatic carbocycles. The van der Waals surface area contributed by atoms with E-state index in [-0.39, 0.29) is 5.91 Å². The number of thiazole rings is 1. The zero-order valence-electron chi connectivity index (χ0n) is 15.1. The SMILES string of the molecule is O=C(Cc1csc(CN2CCCC2)n1)Nc1ccc(N2CCCC2)cc1. The minimum absolute atomic E-state index is 0.00283. The Kier molecular flexibility index (Phi) is 5.51. The van der Waals surface area contributed by atoms with Crippen molar-refractivity contribution in [3.05, 3.63) is 40.3 Å². The number of hydrogen-bond donors (Lipinski definition) is 1. The van der Waals surface area contributed by atoms with Gasteiger partial charge in [-0.1, -0.05) is 0 Å². The van der Waals surface area contributed by atoms with Crippen LogP contribution in [0.25, 0.3) is 0 Å². The summed E-state index contributed by atoms with van der Waals surface area (Å²) in [5.74, 6) is -0.00283. The monoisotopic (exact) mass is 370 g/mol. The van der Waals surface area contributed by atoms with Gasteiger partial charge in [0.15, 0.2) is 0 Å². The van der Waals surface area contributed by atoms with Crippen LogP contribution in [0.1, 0.15) is 36.4 Å². The van der Waals surface area contributed by atoms with Crippen molar-refractivity contribution >= 4 is 28.6 Å². The standard InChI is InChI=1S/C20H26N4OS/c25-19(13-17-15-26-20(22-17)14-23-9-1-2-10-23)21-16-5-7-18(8-6-16)24-11-3-4-12-24/h5-8,15H,1-4,9-14H2,(H,21,25). The zero-order valence-corrected chi connectivity index (χ0v) is 15.9. The summed E-state index contributed by atoms with van der Waals surface area (Å²) in [5, 5.41) is 6.12. The van der Waals surface area contributed by atoms with Crippen molar-refractivity contribution < 1.29 is 4.79 Å². The van der Waals surface area contributed by atoms with E-state index < -0.39 is 0 Å². The lowest BCUT2D eigenvalue weighted by Gasteiger charge is -2.17. The normalized spacial score (nSPS) is 17.8. The van der Waals surface area contributed by atoms with Crippen LogP contribution in [0.5, 0.6) is 0 Å². The first-order valence-electron chi connectivity index (χ1n) is 9.57. The van der Waals surface area contributed by atoms with Crippen molar-refractivity contribution in [1.82, 2.24) is 9.88 Å². The van der Waals surface area contributed by atoms with Crippen molar-refractivity contribution in [2.24, 2.45) is 0 Å². The number of benzene rings is 1. The van der Waals surface area contributed by atoms with Crippen LogP contribution >= 0.6 is 11.3 Å². The van der Waals surface area contributed by atoms with E-state index in [4.69, 9.17) is 0 Å². The molecule has 0 unspecified atom stereocenters. The largest absolute Gasteiger partial charge is 0.372 e. The summed E-state index contributed by atoms with van der Waals surface area (Å²) in [6.07, 6.45) is 5.45. The van der Waals surface area contributed by atoms with Gasteiger partial charge in [0, 0.05) is 29.8 Å². The Hall–Kier alpha value is -1.92. The summed E-state index contributed by atoms with van der Waals surface area (Å²) in [7, 11) is 0. The molecular formula is C20H26N4OS. The van der Waals surface area contributed by atoms with Gasteiger partial charge in [-0.05, 0) is 63.0 Å². The number of carbonyl (C=O) groups is 1. The van der Waals surface area contributed by atoms with Crippen LogP contribution in [-0.2, 0) is 17.8 Å². The number of carbonyl (C=O) groups excluding carboxylic acids is 1. The molecule has 2 aliphatic rings. The van der Waals surface area contributed by atoms with Gasteiger partial charge in [0.1, 0.15) is 5.01 Å². The lowest BCUT2D eigenvalue weighted by molar-refractivity contribution is -0.115. The molecule has 138 valence electrons. The molecule has 1 aromatic heterocycles. The maximum absolute atomic E-state index is 12.3. The van der Waals surface area contributed by atoms with Crippen LogP contribution < -0.4 is 10.2 Å². The molecule has 2 saturated heterocycles. The first-order chi connectivity index (χ1) is 12.8. The van der Waals surface area contributed by atoms with Gasteiger partial charge in [0.05, 0.1) is 18.7 Å².